The minimum absolute atomic E-state index is 0.171. The molecule has 194 valence electrons. The first-order chi connectivity index (χ1) is 17.5. The van der Waals surface area contributed by atoms with Crippen LogP contribution in [0.2, 0.25) is 0 Å². The fraction of sp³-hybridized carbons (Fsp3) is 0.286. The molecular weight excluding hydrogens is 490 g/mol. The molecule has 4 aromatic rings. The number of furan rings is 1. The van der Waals surface area contributed by atoms with Crippen LogP contribution in [0.25, 0.3) is 33.6 Å². The fourth-order valence-corrected chi connectivity index (χ4v) is 4.76. The molecule has 2 aromatic heterocycles. The largest absolute Gasteiger partial charge is 0.496 e. The maximum atomic E-state index is 12.7. The average Bonchev–Trinajstić information content (AvgIpc) is 3.31. The molecule has 0 aliphatic rings. The molecule has 0 spiro atoms. The van der Waals surface area contributed by atoms with Crippen molar-refractivity contribution in [3.63, 3.8) is 0 Å². The van der Waals surface area contributed by atoms with E-state index in [0.717, 1.165) is 16.7 Å². The average molecular weight is 522 g/mol. The van der Waals surface area contributed by atoms with Gasteiger partial charge >= 0.3 is 0 Å². The number of hydrogen-bond donors (Lipinski definition) is 2. The minimum atomic E-state index is -1.23. The van der Waals surface area contributed by atoms with Crippen molar-refractivity contribution in [3.8, 4) is 33.9 Å². The number of primary amides is 1. The van der Waals surface area contributed by atoms with Crippen LogP contribution in [-0.4, -0.2) is 34.1 Å². The first-order valence-corrected chi connectivity index (χ1v) is 12.9. The molecule has 3 N–H and O–H groups in total. The summed E-state index contributed by atoms with van der Waals surface area (Å²) in [5.41, 5.74) is 10.1. The van der Waals surface area contributed by atoms with E-state index >= 15 is 0 Å². The zero-order chi connectivity index (χ0) is 26.9. The van der Waals surface area contributed by atoms with Crippen LogP contribution in [0, 0.1) is 0 Å². The van der Waals surface area contributed by atoms with Crippen molar-refractivity contribution < 1.29 is 22.9 Å². The Hall–Kier alpha value is -3.69. The number of carbonyl (C=O) groups excluding carboxylic acids is 1. The van der Waals surface area contributed by atoms with Gasteiger partial charge in [0.1, 0.15) is 22.8 Å². The van der Waals surface area contributed by atoms with Crippen molar-refractivity contribution in [2.45, 2.75) is 38.5 Å². The van der Waals surface area contributed by atoms with E-state index in [1.165, 1.54) is 0 Å². The van der Waals surface area contributed by atoms with Gasteiger partial charge in [-0.15, -0.1) is 0 Å². The zero-order valence-electron chi connectivity index (χ0n) is 21.7. The van der Waals surface area contributed by atoms with Gasteiger partial charge in [0.05, 0.1) is 35.5 Å². The maximum Gasteiger partial charge on any atom is 0.248 e. The van der Waals surface area contributed by atoms with Gasteiger partial charge < -0.3 is 19.6 Å². The quantitative estimate of drug-likeness (QED) is 0.321. The van der Waals surface area contributed by atoms with Gasteiger partial charge in [-0.1, -0.05) is 6.07 Å². The Labute approximate surface area is 218 Å². The second kappa shape index (κ2) is 10.4. The molecular formula is C28H31N3O5S. The summed E-state index contributed by atoms with van der Waals surface area (Å²) in [7, 11) is 1.93. The Kier molecular flexibility index (Phi) is 7.38. The highest BCUT2D eigenvalue weighted by Crippen LogP contribution is 2.40. The van der Waals surface area contributed by atoms with E-state index < -0.39 is 21.6 Å². The lowest BCUT2D eigenvalue weighted by molar-refractivity contribution is 0.100. The van der Waals surface area contributed by atoms with Crippen molar-refractivity contribution in [3.05, 3.63) is 65.9 Å². The SMILES string of the molecule is COc1ccc(C(N)=O)cc1-c1cc2nccc(-c3cc([C@@H](C)NS(=O)C(C)(C)C)ccc3OC)c2o1. The summed E-state index contributed by atoms with van der Waals surface area (Å²) in [6.07, 6.45) is 1.70. The number of methoxy groups -OCH3 is 2. The van der Waals surface area contributed by atoms with Gasteiger partial charge in [0, 0.05) is 35.0 Å². The van der Waals surface area contributed by atoms with Crippen LogP contribution in [0.1, 0.15) is 49.7 Å². The molecule has 1 unspecified atom stereocenters. The summed E-state index contributed by atoms with van der Waals surface area (Å²) >= 11 is 0. The summed E-state index contributed by atoms with van der Waals surface area (Å²) in [4.78, 5) is 16.3. The Balaban J connectivity index is 1.82. The van der Waals surface area contributed by atoms with Gasteiger partial charge in [-0.3, -0.25) is 9.78 Å². The number of aromatic nitrogens is 1. The lowest BCUT2D eigenvalue weighted by atomic mass is 9.99. The number of nitrogens with zero attached hydrogens (tertiary/aromatic N) is 1. The monoisotopic (exact) mass is 521 g/mol. The second-order valence-electron chi connectivity index (χ2n) is 9.64. The Morgan fingerprint density at radius 3 is 2.32 bits per heavy atom. The van der Waals surface area contributed by atoms with Crippen LogP contribution in [-0.2, 0) is 11.0 Å². The van der Waals surface area contributed by atoms with E-state index in [-0.39, 0.29) is 6.04 Å². The van der Waals surface area contributed by atoms with Gasteiger partial charge in [0.25, 0.3) is 0 Å². The zero-order valence-corrected chi connectivity index (χ0v) is 22.6. The summed E-state index contributed by atoms with van der Waals surface area (Å²) in [5.74, 6) is 1.14. The molecule has 0 aliphatic carbocycles. The highest BCUT2D eigenvalue weighted by Gasteiger charge is 2.23. The topological polar surface area (TPSA) is 117 Å². The third kappa shape index (κ3) is 5.38. The summed E-state index contributed by atoms with van der Waals surface area (Å²) in [5, 5.41) is 0. The molecule has 0 bridgehead atoms. The van der Waals surface area contributed by atoms with Crippen molar-refractivity contribution in [1.29, 1.82) is 0 Å². The molecule has 8 nitrogen and oxygen atoms in total. The standard InChI is InChI=1S/C28H31N3O5S/c1-16(31-37(33)28(2,3)4)17-7-9-23(34-5)20(13-17)19-11-12-30-22-15-25(36-26(19)22)21-14-18(27(29)32)8-10-24(21)35-6/h7-16,31H,1-6H3,(H2,29,32)/t16-,37?/m1/s1. The summed E-state index contributed by atoms with van der Waals surface area (Å²) in [6.45, 7) is 7.76. The number of benzene rings is 2. The van der Waals surface area contributed by atoms with Crippen molar-refractivity contribution in [2.24, 2.45) is 5.73 Å². The number of nitrogens with two attached hydrogens (primary N) is 1. The number of nitrogens with one attached hydrogen (secondary N) is 1. The third-order valence-electron chi connectivity index (χ3n) is 6.02. The number of carbonyl (C=O) groups is 1. The van der Waals surface area contributed by atoms with Crippen molar-refractivity contribution in [2.75, 3.05) is 14.2 Å². The van der Waals surface area contributed by atoms with Crippen LogP contribution in [0.15, 0.2) is 59.1 Å². The number of hydrogen-bond acceptors (Lipinski definition) is 6. The lowest BCUT2D eigenvalue weighted by Crippen LogP contribution is -2.34. The molecule has 0 fully saturated rings. The van der Waals surface area contributed by atoms with Crippen LogP contribution in [0.4, 0.5) is 0 Å². The van der Waals surface area contributed by atoms with E-state index in [2.05, 4.69) is 9.71 Å². The molecule has 0 saturated carbocycles. The van der Waals surface area contributed by atoms with Crippen LogP contribution < -0.4 is 19.9 Å². The Bertz CT molecular complexity index is 1490. The first kappa shape index (κ1) is 26.4. The van der Waals surface area contributed by atoms with Crippen LogP contribution >= 0.6 is 0 Å². The summed E-state index contributed by atoms with van der Waals surface area (Å²) < 4.78 is 32.9. The predicted octanol–water partition coefficient (Wildman–Crippen LogP) is 5.39. The Morgan fingerprint density at radius 1 is 1.00 bits per heavy atom. The van der Waals surface area contributed by atoms with Gasteiger partial charge in [0.15, 0.2) is 5.58 Å². The molecule has 2 atom stereocenters. The molecule has 0 radical (unpaired) electrons. The van der Waals surface area contributed by atoms with Crippen LogP contribution in [0.5, 0.6) is 11.5 Å². The van der Waals surface area contributed by atoms with Gasteiger partial charge in [0.2, 0.25) is 5.91 Å². The van der Waals surface area contributed by atoms with E-state index in [1.807, 2.05) is 52.0 Å². The molecule has 2 heterocycles. The minimum Gasteiger partial charge on any atom is -0.496 e. The predicted molar refractivity (Wildman–Crippen MR) is 146 cm³/mol. The summed E-state index contributed by atoms with van der Waals surface area (Å²) in [6, 6.07) is 14.3. The highest BCUT2D eigenvalue weighted by atomic mass is 32.2. The fourth-order valence-electron chi connectivity index (χ4n) is 3.95. The molecule has 2 aromatic carbocycles. The molecule has 0 saturated heterocycles. The third-order valence-corrected chi connectivity index (χ3v) is 7.70. The molecule has 37 heavy (non-hydrogen) atoms. The Morgan fingerprint density at radius 2 is 1.68 bits per heavy atom. The molecule has 0 aliphatic heterocycles. The van der Waals surface area contributed by atoms with E-state index in [0.29, 0.717) is 39.5 Å². The second-order valence-corrected chi connectivity index (χ2v) is 11.6. The van der Waals surface area contributed by atoms with Crippen molar-refractivity contribution in [1.82, 2.24) is 9.71 Å². The van der Waals surface area contributed by atoms with E-state index in [1.54, 1.807) is 44.7 Å². The number of rotatable bonds is 8. The van der Waals surface area contributed by atoms with Gasteiger partial charge in [-0.25, -0.2) is 8.93 Å². The number of pyridine rings is 1. The van der Waals surface area contributed by atoms with E-state index in [4.69, 9.17) is 19.6 Å². The number of amides is 1. The van der Waals surface area contributed by atoms with Gasteiger partial charge in [-0.2, -0.15) is 0 Å². The van der Waals surface area contributed by atoms with E-state index in [9.17, 15) is 9.00 Å². The molecule has 4 rings (SSSR count). The van der Waals surface area contributed by atoms with Gasteiger partial charge in [-0.05, 0) is 69.7 Å². The molecule has 9 heteroatoms. The number of ether oxygens (including phenoxy) is 2. The van der Waals surface area contributed by atoms with Crippen LogP contribution in [0.3, 0.4) is 0 Å². The first-order valence-electron chi connectivity index (χ1n) is 11.8. The molecule has 1 amide bonds. The normalized spacial score (nSPS) is 13.4. The smallest absolute Gasteiger partial charge is 0.248 e. The lowest BCUT2D eigenvalue weighted by Gasteiger charge is -2.23. The highest BCUT2D eigenvalue weighted by molar-refractivity contribution is 7.84. The number of fused-ring (bicyclic) bond motifs is 1. The van der Waals surface area contributed by atoms with Crippen molar-refractivity contribution >= 4 is 28.0 Å². The maximum absolute atomic E-state index is 12.7.